The fourth-order valence-electron chi connectivity index (χ4n) is 2.47. The summed E-state index contributed by atoms with van der Waals surface area (Å²) in [6.45, 7) is 6.59. The molecule has 0 aliphatic carbocycles. The summed E-state index contributed by atoms with van der Waals surface area (Å²) in [5, 5.41) is 2.79. The average molecular weight is 274 g/mol. The van der Waals surface area contributed by atoms with Gasteiger partial charge in [-0.3, -0.25) is 9.59 Å². The van der Waals surface area contributed by atoms with Crippen molar-refractivity contribution >= 4 is 23.2 Å². The minimum atomic E-state index is -0.0755. The van der Waals surface area contributed by atoms with Crippen LogP contribution in [0.4, 0.5) is 11.4 Å². The number of carbonyl (C=O) groups excluding carboxylic acids is 2. The molecule has 0 unspecified atom stereocenters. The smallest absolute Gasteiger partial charge is 0.227 e. The molecule has 108 valence electrons. The monoisotopic (exact) mass is 274 g/mol. The van der Waals surface area contributed by atoms with Crippen LogP contribution in [0, 0.1) is 5.92 Å². The Bertz CT molecular complexity index is 523. The standard InChI is InChI=1S/C16H22N2O2/c1-11(2)8-9-18-15-6-5-14(17-12(3)19)10-13(15)4-7-16(18)20/h5-6,10-11H,4,7-9H2,1-3H3,(H,17,19). The Morgan fingerprint density at radius 3 is 2.75 bits per heavy atom. The number of hydrogen-bond donors (Lipinski definition) is 1. The summed E-state index contributed by atoms with van der Waals surface area (Å²) in [5.74, 6) is 0.700. The molecule has 1 N–H and O–H groups in total. The number of rotatable bonds is 4. The molecule has 1 aromatic carbocycles. The molecule has 1 aromatic rings. The SMILES string of the molecule is CC(=O)Nc1ccc2c(c1)CCC(=O)N2CCC(C)C. The van der Waals surface area contributed by atoms with E-state index in [9.17, 15) is 9.59 Å². The maximum Gasteiger partial charge on any atom is 0.227 e. The van der Waals surface area contributed by atoms with Gasteiger partial charge in [0, 0.05) is 31.3 Å². The molecule has 0 spiro atoms. The molecule has 0 saturated heterocycles. The number of aryl methyl sites for hydroxylation is 1. The van der Waals surface area contributed by atoms with Gasteiger partial charge in [-0.05, 0) is 42.5 Å². The molecule has 0 saturated carbocycles. The summed E-state index contributed by atoms with van der Waals surface area (Å²) in [7, 11) is 0. The van der Waals surface area contributed by atoms with Gasteiger partial charge in [0.05, 0.1) is 0 Å². The lowest BCUT2D eigenvalue weighted by molar-refractivity contribution is -0.119. The second kappa shape index (κ2) is 6.07. The molecule has 0 bridgehead atoms. The quantitative estimate of drug-likeness (QED) is 0.917. The first kappa shape index (κ1) is 14.6. The van der Waals surface area contributed by atoms with Crippen molar-refractivity contribution in [2.24, 2.45) is 5.92 Å². The van der Waals surface area contributed by atoms with Crippen LogP contribution in [0.25, 0.3) is 0 Å². The number of hydrogen-bond acceptors (Lipinski definition) is 2. The molecule has 4 heteroatoms. The molecule has 20 heavy (non-hydrogen) atoms. The van der Waals surface area contributed by atoms with Crippen LogP contribution in [0.15, 0.2) is 18.2 Å². The first-order chi connectivity index (χ1) is 9.47. The van der Waals surface area contributed by atoms with E-state index in [4.69, 9.17) is 0 Å². The van der Waals surface area contributed by atoms with Crippen molar-refractivity contribution in [3.8, 4) is 0 Å². The maximum atomic E-state index is 12.1. The number of carbonyl (C=O) groups is 2. The van der Waals surface area contributed by atoms with E-state index < -0.39 is 0 Å². The van der Waals surface area contributed by atoms with E-state index in [0.717, 1.165) is 36.3 Å². The molecule has 1 aliphatic rings. The summed E-state index contributed by atoms with van der Waals surface area (Å²) in [5.41, 5.74) is 2.94. The molecule has 1 aliphatic heterocycles. The molecule has 2 amide bonds. The predicted octanol–water partition coefficient (Wildman–Crippen LogP) is 2.97. The van der Waals surface area contributed by atoms with Crippen LogP contribution in [-0.2, 0) is 16.0 Å². The zero-order valence-corrected chi connectivity index (χ0v) is 12.4. The van der Waals surface area contributed by atoms with Gasteiger partial charge in [-0.1, -0.05) is 13.8 Å². The summed E-state index contributed by atoms with van der Waals surface area (Å²) >= 11 is 0. The van der Waals surface area contributed by atoms with E-state index in [-0.39, 0.29) is 11.8 Å². The molecular formula is C16H22N2O2. The van der Waals surface area contributed by atoms with Crippen molar-refractivity contribution in [2.75, 3.05) is 16.8 Å². The highest BCUT2D eigenvalue weighted by molar-refractivity contribution is 5.97. The second-order valence-corrected chi connectivity index (χ2v) is 5.75. The number of amides is 2. The zero-order chi connectivity index (χ0) is 14.7. The van der Waals surface area contributed by atoms with Crippen molar-refractivity contribution in [3.05, 3.63) is 23.8 Å². The lowest BCUT2D eigenvalue weighted by Gasteiger charge is -2.30. The zero-order valence-electron chi connectivity index (χ0n) is 12.4. The van der Waals surface area contributed by atoms with Crippen LogP contribution >= 0.6 is 0 Å². The third-order valence-electron chi connectivity index (χ3n) is 3.53. The van der Waals surface area contributed by atoms with Gasteiger partial charge in [-0.2, -0.15) is 0 Å². The fourth-order valence-corrected chi connectivity index (χ4v) is 2.47. The molecule has 2 rings (SSSR count). The van der Waals surface area contributed by atoms with Crippen molar-refractivity contribution in [1.29, 1.82) is 0 Å². The molecule has 0 atom stereocenters. The van der Waals surface area contributed by atoms with Crippen molar-refractivity contribution in [1.82, 2.24) is 0 Å². The first-order valence-electron chi connectivity index (χ1n) is 7.18. The van der Waals surface area contributed by atoms with Gasteiger partial charge in [0.25, 0.3) is 0 Å². The number of benzene rings is 1. The van der Waals surface area contributed by atoms with Crippen molar-refractivity contribution in [3.63, 3.8) is 0 Å². The van der Waals surface area contributed by atoms with Gasteiger partial charge in [0.2, 0.25) is 11.8 Å². The number of nitrogens with one attached hydrogen (secondary N) is 1. The minimum absolute atomic E-state index is 0.0755. The maximum absolute atomic E-state index is 12.1. The van der Waals surface area contributed by atoms with Crippen LogP contribution in [0.2, 0.25) is 0 Å². The van der Waals surface area contributed by atoms with Gasteiger partial charge < -0.3 is 10.2 Å². The van der Waals surface area contributed by atoms with E-state index in [2.05, 4.69) is 19.2 Å². The topological polar surface area (TPSA) is 49.4 Å². The van der Waals surface area contributed by atoms with Gasteiger partial charge in [-0.25, -0.2) is 0 Å². The molecule has 1 heterocycles. The number of fused-ring (bicyclic) bond motifs is 1. The Morgan fingerprint density at radius 2 is 2.10 bits per heavy atom. The van der Waals surface area contributed by atoms with Gasteiger partial charge in [0.15, 0.2) is 0 Å². The van der Waals surface area contributed by atoms with Crippen LogP contribution in [0.5, 0.6) is 0 Å². The second-order valence-electron chi connectivity index (χ2n) is 5.75. The van der Waals surface area contributed by atoms with E-state index in [1.165, 1.54) is 6.92 Å². The van der Waals surface area contributed by atoms with E-state index in [1.54, 1.807) is 0 Å². The van der Waals surface area contributed by atoms with Gasteiger partial charge >= 0.3 is 0 Å². The highest BCUT2D eigenvalue weighted by Crippen LogP contribution is 2.30. The lowest BCUT2D eigenvalue weighted by atomic mass is 9.99. The highest BCUT2D eigenvalue weighted by atomic mass is 16.2. The average Bonchev–Trinajstić information content (AvgIpc) is 2.36. The molecule has 4 nitrogen and oxygen atoms in total. The molecule has 0 radical (unpaired) electrons. The number of anilines is 2. The fraction of sp³-hybridized carbons (Fsp3) is 0.500. The van der Waals surface area contributed by atoms with Crippen LogP contribution in [0.3, 0.4) is 0 Å². The normalized spacial score (nSPS) is 14.4. The number of nitrogens with zero attached hydrogens (tertiary/aromatic N) is 1. The van der Waals surface area contributed by atoms with Crippen LogP contribution < -0.4 is 10.2 Å². The summed E-state index contributed by atoms with van der Waals surface area (Å²) < 4.78 is 0. The lowest BCUT2D eigenvalue weighted by Crippen LogP contribution is -2.36. The Balaban J connectivity index is 2.22. The van der Waals surface area contributed by atoms with Gasteiger partial charge in [-0.15, -0.1) is 0 Å². The highest BCUT2D eigenvalue weighted by Gasteiger charge is 2.24. The Kier molecular flexibility index (Phi) is 4.42. The summed E-state index contributed by atoms with van der Waals surface area (Å²) in [6, 6.07) is 5.78. The van der Waals surface area contributed by atoms with Crippen molar-refractivity contribution in [2.45, 2.75) is 40.0 Å². The Hall–Kier alpha value is -1.84. The predicted molar refractivity (Wildman–Crippen MR) is 80.9 cm³/mol. The molecule has 0 aromatic heterocycles. The Labute approximate surface area is 120 Å². The van der Waals surface area contributed by atoms with E-state index >= 15 is 0 Å². The first-order valence-corrected chi connectivity index (χ1v) is 7.18. The van der Waals surface area contributed by atoms with Crippen LogP contribution in [-0.4, -0.2) is 18.4 Å². The van der Waals surface area contributed by atoms with Crippen molar-refractivity contribution < 1.29 is 9.59 Å². The Morgan fingerprint density at radius 1 is 1.35 bits per heavy atom. The van der Waals surface area contributed by atoms with E-state index in [1.807, 2.05) is 23.1 Å². The summed E-state index contributed by atoms with van der Waals surface area (Å²) in [4.78, 5) is 25.1. The molecule has 0 fully saturated rings. The third-order valence-corrected chi connectivity index (χ3v) is 3.53. The van der Waals surface area contributed by atoms with E-state index in [0.29, 0.717) is 12.3 Å². The third kappa shape index (κ3) is 3.38. The largest absolute Gasteiger partial charge is 0.326 e. The molecular weight excluding hydrogens is 252 g/mol. The summed E-state index contributed by atoms with van der Waals surface area (Å²) in [6.07, 6.45) is 2.30. The van der Waals surface area contributed by atoms with Crippen LogP contribution in [0.1, 0.15) is 39.2 Å². The van der Waals surface area contributed by atoms with Gasteiger partial charge in [0.1, 0.15) is 0 Å². The minimum Gasteiger partial charge on any atom is -0.326 e.